The molecule has 1 aromatic heterocycles. The SMILES string of the molecule is CSc1cccc(NS(=O)(=O)c2cc(-c3cnc(C4CC4)o3)ccc2C)c1. The van der Waals surface area contributed by atoms with Crippen LogP contribution in [0.1, 0.15) is 30.2 Å². The van der Waals surface area contributed by atoms with Crippen LogP contribution in [-0.4, -0.2) is 19.7 Å². The first kappa shape index (κ1) is 18.1. The van der Waals surface area contributed by atoms with Crippen LogP contribution in [0.4, 0.5) is 5.69 Å². The fourth-order valence-electron chi connectivity index (χ4n) is 2.88. The van der Waals surface area contributed by atoms with Gasteiger partial charge in [-0.3, -0.25) is 4.72 Å². The Labute approximate surface area is 163 Å². The van der Waals surface area contributed by atoms with Crippen LogP contribution in [0.2, 0.25) is 0 Å². The molecule has 1 aliphatic carbocycles. The predicted molar refractivity (Wildman–Crippen MR) is 108 cm³/mol. The van der Waals surface area contributed by atoms with Crippen LogP contribution in [0, 0.1) is 6.92 Å². The number of oxazole rings is 1. The van der Waals surface area contributed by atoms with E-state index in [2.05, 4.69) is 9.71 Å². The summed E-state index contributed by atoms with van der Waals surface area (Å²) in [6.45, 7) is 1.78. The fourth-order valence-corrected chi connectivity index (χ4v) is 4.66. The average Bonchev–Trinajstić information content (AvgIpc) is 3.39. The van der Waals surface area contributed by atoms with Crippen LogP contribution in [0.3, 0.4) is 0 Å². The number of aryl methyl sites for hydroxylation is 1. The monoisotopic (exact) mass is 400 g/mol. The van der Waals surface area contributed by atoms with Gasteiger partial charge in [-0.2, -0.15) is 0 Å². The molecule has 1 heterocycles. The van der Waals surface area contributed by atoms with Crippen LogP contribution in [0.15, 0.2) is 62.9 Å². The van der Waals surface area contributed by atoms with E-state index in [0.717, 1.165) is 23.6 Å². The lowest BCUT2D eigenvalue weighted by Gasteiger charge is -2.12. The van der Waals surface area contributed by atoms with Crippen molar-refractivity contribution in [3.63, 3.8) is 0 Å². The lowest BCUT2D eigenvalue weighted by Crippen LogP contribution is -2.14. The number of aromatic nitrogens is 1. The molecule has 1 fully saturated rings. The summed E-state index contributed by atoms with van der Waals surface area (Å²) in [5, 5.41) is 0. The van der Waals surface area contributed by atoms with Crippen molar-refractivity contribution < 1.29 is 12.8 Å². The minimum atomic E-state index is -3.72. The summed E-state index contributed by atoms with van der Waals surface area (Å²) >= 11 is 1.56. The Kier molecular flexibility index (Phi) is 4.74. The lowest BCUT2D eigenvalue weighted by atomic mass is 10.1. The minimum absolute atomic E-state index is 0.235. The molecule has 0 radical (unpaired) electrons. The van der Waals surface area contributed by atoms with Crippen molar-refractivity contribution in [2.45, 2.75) is 35.5 Å². The highest BCUT2D eigenvalue weighted by Gasteiger charge is 2.29. The van der Waals surface area contributed by atoms with Crippen molar-refractivity contribution in [3.8, 4) is 11.3 Å². The van der Waals surface area contributed by atoms with Gasteiger partial charge in [-0.05, 0) is 55.9 Å². The molecule has 7 heteroatoms. The number of thioether (sulfide) groups is 1. The second kappa shape index (κ2) is 7.05. The molecule has 1 aliphatic rings. The smallest absolute Gasteiger partial charge is 0.262 e. The summed E-state index contributed by atoms with van der Waals surface area (Å²) in [5.41, 5.74) is 1.93. The van der Waals surface area contributed by atoms with Gasteiger partial charge in [0.15, 0.2) is 11.7 Å². The highest BCUT2D eigenvalue weighted by molar-refractivity contribution is 7.98. The van der Waals surface area contributed by atoms with Gasteiger partial charge in [0.05, 0.1) is 11.1 Å². The van der Waals surface area contributed by atoms with Gasteiger partial charge in [0.2, 0.25) is 0 Å². The third-order valence-electron chi connectivity index (χ3n) is 4.53. The van der Waals surface area contributed by atoms with Gasteiger partial charge in [-0.25, -0.2) is 13.4 Å². The minimum Gasteiger partial charge on any atom is -0.440 e. The first-order valence-electron chi connectivity index (χ1n) is 8.70. The molecule has 0 atom stereocenters. The van der Waals surface area contributed by atoms with E-state index in [1.807, 2.05) is 30.5 Å². The molecule has 0 spiro atoms. The number of hydrogen-bond acceptors (Lipinski definition) is 5. The number of nitrogens with zero attached hydrogens (tertiary/aromatic N) is 1. The Morgan fingerprint density at radius 1 is 1.19 bits per heavy atom. The zero-order valence-electron chi connectivity index (χ0n) is 15.1. The maximum absolute atomic E-state index is 13.0. The second-order valence-electron chi connectivity index (χ2n) is 6.65. The third-order valence-corrected chi connectivity index (χ3v) is 6.78. The van der Waals surface area contributed by atoms with E-state index in [-0.39, 0.29) is 4.90 Å². The topological polar surface area (TPSA) is 72.2 Å². The normalized spacial score (nSPS) is 14.3. The molecule has 5 nitrogen and oxygen atoms in total. The van der Waals surface area contributed by atoms with Gasteiger partial charge in [0, 0.05) is 22.1 Å². The Morgan fingerprint density at radius 3 is 2.74 bits per heavy atom. The summed E-state index contributed by atoms with van der Waals surface area (Å²) < 4.78 is 34.4. The first-order chi connectivity index (χ1) is 13.0. The van der Waals surface area contributed by atoms with Crippen LogP contribution in [-0.2, 0) is 10.0 Å². The highest BCUT2D eigenvalue weighted by atomic mass is 32.2. The quantitative estimate of drug-likeness (QED) is 0.586. The van der Waals surface area contributed by atoms with Gasteiger partial charge in [0.1, 0.15) is 0 Å². The average molecular weight is 401 g/mol. The largest absolute Gasteiger partial charge is 0.440 e. The summed E-state index contributed by atoms with van der Waals surface area (Å²) in [6, 6.07) is 12.6. The van der Waals surface area contributed by atoms with E-state index in [0.29, 0.717) is 28.5 Å². The van der Waals surface area contributed by atoms with Gasteiger partial charge < -0.3 is 4.42 Å². The molecule has 1 saturated carbocycles. The summed E-state index contributed by atoms with van der Waals surface area (Å²) in [4.78, 5) is 5.55. The molecule has 0 aliphatic heterocycles. The number of hydrogen-bond donors (Lipinski definition) is 1. The van der Waals surface area contributed by atoms with Crippen LogP contribution in [0.25, 0.3) is 11.3 Å². The van der Waals surface area contributed by atoms with Crippen molar-refractivity contribution in [1.29, 1.82) is 0 Å². The zero-order valence-corrected chi connectivity index (χ0v) is 16.7. The predicted octanol–water partition coefficient (Wildman–Crippen LogP) is 5.05. The molecular formula is C20H20N2O3S2. The van der Waals surface area contributed by atoms with Crippen molar-refractivity contribution in [3.05, 3.63) is 60.1 Å². The Balaban J connectivity index is 1.66. The Bertz CT molecular complexity index is 1090. The zero-order chi connectivity index (χ0) is 19.0. The summed E-state index contributed by atoms with van der Waals surface area (Å²) in [7, 11) is -3.72. The van der Waals surface area contributed by atoms with Gasteiger partial charge in [-0.1, -0.05) is 18.2 Å². The van der Waals surface area contributed by atoms with E-state index in [9.17, 15) is 8.42 Å². The van der Waals surface area contributed by atoms with E-state index in [1.54, 1.807) is 43.1 Å². The maximum atomic E-state index is 13.0. The van der Waals surface area contributed by atoms with E-state index in [1.165, 1.54) is 0 Å². The van der Waals surface area contributed by atoms with E-state index in [4.69, 9.17) is 4.42 Å². The molecular weight excluding hydrogens is 380 g/mol. The van der Waals surface area contributed by atoms with Crippen molar-refractivity contribution >= 4 is 27.5 Å². The number of nitrogens with one attached hydrogen (secondary N) is 1. The molecule has 27 heavy (non-hydrogen) atoms. The highest BCUT2D eigenvalue weighted by Crippen LogP contribution is 2.40. The standard InChI is InChI=1S/C20H20N2O3S2/c1-13-6-7-15(18-12-21-20(25-18)14-8-9-14)10-19(13)27(23,24)22-16-4-3-5-17(11-16)26-2/h3-7,10-12,14,22H,8-9H2,1-2H3. The van der Waals surface area contributed by atoms with E-state index < -0.39 is 10.0 Å². The third kappa shape index (κ3) is 3.89. The number of sulfonamides is 1. The molecule has 2 aromatic carbocycles. The molecule has 4 rings (SSSR count). The molecule has 0 bridgehead atoms. The summed E-state index contributed by atoms with van der Waals surface area (Å²) in [5.74, 6) is 1.75. The molecule has 0 saturated heterocycles. The Morgan fingerprint density at radius 2 is 2.00 bits per heavy atom. The van der Waals surface area contributed by atoms with Crippen molar-refractivity contribution in [2.24, 2.45) is 0 Å². The van der Waals surface area contributed by atoms with Gasteiger partial charge >= 0.3 is 0 Å². The van der Waals surface area contributed by atoms with Crippen LogP contribution >= 0.6 is 11.8 Å². The van der Waals surface area contributed by atoms with Gasteiger partial charge in [-0.15, -0.1) is 11.8 Å². The first-order valence-corrected chi connectivity index (χ1v) is 11.4. The van der Waals surface area contributed by atoms with Gasteiger partial charge in [0.25, 0.3) is 10.0 Å². The molecule has 0 amide bonds. The fraction of sp³-hybridized carbons (Fsp3) is 0.250. The molecule has 3 aromatic rings. The van der Waals surface area contributed by atoms with Crippen LogP contribution < -0.4 is 4.72 Å². The summed E-state index contributed by atoms with van der Waals surface area (Å²) in [6.07, 6.45) is 5.83. The second-order valence-corrected chi connectivity index (χ2v) is 9.19. The van der Waals surface area contributed by atoms with Crippen LogP contribution in [0.5, 0.6) is 0 Å². The number of benzene rings is 2. The Hall–Kier alpha value is -2.25. The maximum Gasteiger partial charge on any atom is 0.262 e. The number of anilines is 1. The molecule has 1 N–H and O–H groups in total. The van der Waals surface area contributed by atoms with E-state index >= 15 is 0 Å². The molecule has 140 valence electrons. The van der Waals surface area contributed by atoms with Crippen molar-refractivity contribution in [1.82, 2.24) is 4.98 Å². The molecule has 0 unspecified atom stereocenters. The number of rotatable bonds is 6. The van der Waals surface area contributed by atoms with Crippen molar-refractivity contribution in [2.75, 3.05) is 11.0 Å². The lowest BCUT2D eigenvalue weighted by molar-refractivity contribution is 0.509.